The van der Waals surface area contributed by atoms with Gasteiger partial charge in [-0.3, -0.25) is 4.90 Å². The molecule has 3 aromatic carbocycles. The highest BCUT2D eigenvalue weighted by Gasteiger charge is 2.31. The Bertz CT molecular complexity index is 1550. The van der Waals surface area contributed by atoms with Crippen molar-refractivity contribution in [1.29, 1.82) is 0 Å². The first-order chi connectivity index (χ1) is 18.8. The Morgan fingerprint density at radius 3 is 2.69 bits per heavy atom. The van der Waals surface area contributed by atoms with Crippen LogP contribution in [0.4, 0.5) is 19.0 Å². The zero-order chi connectivity index (χ0) is 27.3. The molecule has 0 saturated carbocycles. The van der Waals surface area contributed by atoms with E-state index >= 15 is 8.78 Å². The van der Waals surface area contributed by atoms with Crippen LogP contribution in [0.25, 0.3) is 32.8 Å². The monoisotopic (exact) mass is 537 g/mol. The first-order valence-electron chi connectivity index (χ1n) is 13.2. The fourth-order valence-electron chi connectivity index (χ4n) is 5.72. The number of phenolic OH excluding ortho intramolecular Hbond substituents is 1. The van der Waals surface area contributed by atoms with Gasteiger partial charge < -0.3 is 20.1 Å². The maximum absolute atomic E-state index is 16.4. The SMILES string of the molecule is C[C@@H]1CN(c2nc(OC[C@@H]3C[C@@H](F)CN3C)nc3c(F)c(-c4cc(O)cc5ccccc45)c(F)cc23)CCN1. The van der Waals surface area contributed by atoms with Gasteiger partial charge in [-0.15, -0.1) is 0 Å². The molecule has 2 saturated heterocycles. The first-order valence-corrected chi connectivity index (χ1v) is 13.2. The minimum absolute atomic E-state index is 0.0448. The third kappa shape index (κ3) is 4.83. The maximum Gasteiger partial charge on any atom is 0.319 e. The summed E-state index contributed by atoms with van der Waals surface area (Å²) >= 11 is 0. The lowest BCUT2D eigenvalue weighted by Gasteiger charge is -2.33. The van der Waals surface area contributed by atoms with E-state index in [0.717, 1.165) is 0 Å². The van der Waals surface area contributed by atoms with Gasteiger partial charge in [0.1, 0.15) is 35.7 Å². The standard InChI is InChI=1S/C29H30F3N5O2/c1-16-13-37(8-7-33-16)28-23-12-24(31)25(22-11-20(38)9-17-5-3-4-6-21(17)22)26(32)27(23)34-29(35-28)39-15-19-10-18(30)14-36(19)2/h3-6,9,11-12,16,18-19,33,38H,7-8,10,13-15H2,1-2H3/t16-,18-,19+/m1/s1. The third-order valence-electron chi connectivity index (χ3n) is 7.67. The van der Waals surface area contributed by atoms with Crippen LogP contribution < -0.4 is 15.0 Å². The van der Waals surface area contributed by atoms with E-state index < -0.39 is 17.8 Å². The number of nitrogens with zero attached hydrogens (tertiary/aromatic N) is 4. The van der Waals surface area contributed by atoms with Gasteiger partial charge in [-0.05, 0) is 54.9 Å². The molecule has 2 N–H and O–H groups in total. The third-order valence-corrected chi connectivity index (χ3v) is 7.67. The van der Waals surface area contributed by atoms with Crippen molar-refractivity contribution in [2.45, 2.75) is 31.6 Å². The van der Waals surface area contributed by atoms with Gasteiger partial charge in [-0.2, -0.15) is 9.97 Å². The van der Waals surface area contributed by atoms with Crippen molar-refractivity contribution in [1.82, 2.24) is 20.2 Å². The average Bonchev–Trinajstić information content (AvgIpc) is 3.23. The normalized spacial score (nSPS) is 22.2. The number of alkyl halides is 1. The molecule has 1 aromatic heterocycles. The molecule has 3 heterocycles. The summed E-state index contributed by atoms with van der Waals surface area (Å²) in [7, 11) is 1.83. The number of halogens is 3. The molecule has 204 valence electrons. The highest BCUT2D eigenvalue weighted by Crippen LogP contribution is 2.40. The summed E-state index contributed by atoms with van der Waals surface area (Å²) in [6.45, 7) is 4.36. The van der Waals surface area contributed by atoms with Gasteiger partial charge in [-0.1, -0.05) is 24.3 Å². The van der Waals surface area contributed by atoms with Crippen molar-refractivity contribution in [2.24, 2.45) is 0 Å². The second kappa shape index (κ2) is 10.2. The summed E-state index contributed by atoms with van der Waals surface area (Å²) in [5.74, 6) is -1.36. The van der Waals surface area contributed by atoms with Gasteiger partial charge in [0.15, 0.2) is 5.82 Å². The largest absolute Gasteiger partial charge is 0.508 e. The molecule has 2 aliphatic heterocycles. The maximum atomic E-state index is 16.4. The van der Waals surface area contributed by atoms with Crippen LogP contribution in [0.3, 0.4) is 0 Å². The van der Waals surface area contributed by atoms with Crippen molar-refractivity contribution >= 4 is 27.5 Å². The molecule has 0 radical (unpaired) electrons. The minimum Gasteiger partial charge on any atom is -0.508 e. The van der Waals surface area contributed by atoms with Gasteiger partial charge in [0, 0.05) is 43.6 Å². The van der Waals surface area contributed by atoms with Crippen molar-refractivity contribution < 1.29 is 23.0 Å². The Morgan fingerprint density at radius 2 is 1.92 bits per heavy atom. The number of nitrogens with one attached hydrogen (secondary N) is 1. The van der Waals surface area contributed by atoms with E-state index in [1.54, 1.807) is 30.3 Å². The lowest BCUT2D eigenvalue weighted by molar-refractivity contribution is 0.188. The number of aromatic hydroxyl groups is 1. The molecule has 6 rings (SSSR count). The zero-order valence-corrected chi connectivity index (χ0v) is 21.8. The molecule has 39 heavy (non-hydrogen) atoms. The van der Waals surface area contributed by atoms with Gasteiger partial charge in [-0.25, -0.2) is 13.2 Å². The van der Waals surface area contributed by atoms with Crippen molar-refractivity contribution in [3.05, 3.63) is 54.1 Å². The summed E-state index contributed by atoms with van der Waals surface area (Å²) in [5, 5.41) is 15.2. The number of likely N-dealkylation sites (tertiary alicyclic amines) is 1. The van der Waals surface area contributed by atoms with Gasteiger partial charge >= 0.3 is 6.01 Å². The fourth-order valence-corrected chi connectivity index (χ4v) is 5.72. The van der Waals surface area contributed by atoms with Crippen LogP contribution in [0, 0.1) is 11.6 Å². The molecule has 0 unspecified atom stereocenters. The lowest BCUT2D eigenvalue weighted by Crippen LogP contribution is -2.49. The van der Waals surface area contributed by atoms with Gasteiger partial charge in [0.2, 0.25) is 0 Å². The van der Waals surface area contributed by atoms with E-state index in [1.165, 1.54) is 12.1 Å². The number of anilines is 1. The lowest BCUT2D eigenvalue weighted by atomic mass is 9.95. The van der Waals surface area contributed by atoms with E-state index in [9.17, 15) is 9.50 Å². The number of aromatic nitrogens is 2. The van der Waals surface area contributed by atoms with Crippen LogP contribution >= 0.6 is 0 Å². The topological polar surface area (TPSA) is 73.8 Å². The van der Waals surface area contributed by atoms with Crippen molar-refractivity contribution in [3.63, 3.8) is 0 Å². The number of rotatable bonds is 5. The zero-order valence-electron chi connectivity index (χ0n) is 21.8. The Hall–Kier alpha value is -3.63. The molecule has 7 nitrogen and oxygen atoms in total. The average molecular weight is 538 g/mol. The second-order valence-electron chi connectivity index (χ2n) is 10.5. The molecule has 0 amide bonds. The molecular formula is C29H30F3N5O2. The number of fused-ring (bicyclic) bond motifs is 2. The summed E-state index contributed by atoms with van der Waals surface area (Å²) < 4.78 is 52.0. The number of phenols is 1. The first kappa shape index (κ1) is 25.6. The summed E-state index contributed by atoms with van der Waals surface area (Å²) in [6, 6.07) is 11.2. The highest BCUT2D eigenvalue weighted by atomic mass is 19.1. The molecule has 4 aromatic rings. The Kier molecular flexibility index (Phi) is 6.68. The number of hydrogen-bond donors (Lipinski definition) is 2. The molecule has 2 aliphatic rings. The van der Waals surface area contributed by atoms with E-state index in [0.29, 0.717) is 49.2 Å². The number of piperazine rings is 1. The summed E-state index contributed by atoms with van der Waals surface area (Å²) in [5.41, 5.74) is -0.134. The van der Waals surface area contributed by atoms with Crippen LogP contribution in [0.15, 0.2) is 42.5 Å². The van der Waals surface area contributed by atoms with Crippen LogP contribution in [0.2, 0.25) is 0 Å². The van der Waals surface area contributed by atoms with Crippen LogP contribution in [-0.4, -0.2) is 78.1 Å². The predicted molar refractivity (Wildman–Crippen MR) is 145 cm³/mol. The molecule has 0 aliphatic carbocycles. The quantitative estimate of drug-likeness (QED) is 0.384. The minimum atomic E-state index is -0.931. The van der Waals surface area contributed by atoms with Gasteiger partial charge in [0.05, 0.1) is 5.56 Å². The Balaban J connectivity index is 1.50. The number of hydrogen-bond acceptors (Lipinski definition) is 7. The smallest absolute Gasteiger partial charge is 0.319 e. The van der Waals surface area contributed by atoms with Crippen molar-refractivity contribution in [3.8, 4) is 22.9 Å². The molecule has 0 bridgehead atoms. The molecule has 3 atom stereocenters. The molecule has 10 heteroatoms. The van der Waals surface area contributed by atoms with Crippen LogP contribution in [0.1, 0.15) is 13.3 Å². The van der Waals surface area contributed by atoms with Crippen molar-refractivity contribution in [2.75, 3.05) is 44.7 Å². The predicted octanol–water partition coefficient (Wildman–Crippen LogP) is 4.65. The summed E-state index contributed by atoms with van der Waals surface area (Å²) in [6.07, 6.45) is -0.598. The van der Waals surface area contributed by atoms with Crippen LogP contribution in [0.5, 0.6) is 11.8 Å². The van der Waals surface area contributed by atoms with E-state index in [-0.39, 0.29) is 52.5 Å². The number of benzene rings is 3. The summed E-state index contributed by atoms with van der Waals surface area (Å²) in [4.78, 5) is 12.8. The van der Waals surface area contributed by atoms with E-state index in [4.69, 9.17) is 4.74 Å². The number of likely N-dealkylation sites (N-methyl/N-ethyl adjacent to an activating group) is 1. The van der Waals surface area contributed by atoms with E-state index in [2.05, 4.69) is 15.3 Å². The molecular weight excluding hydrogens is 507 g/mol. The number of ether oxygens (including phenoxy) is 1. The van der Waals surface area contributed by atoms with Crippen LogP contribution in [-0.2, 0) is 0 Å². The molecule has 0 spiro atoms. The molecule has 2 fully saturated rings. The Morgan fingerprint density at radius 1 is 1.10 bits per heavy atom. The van der Waals surface area contributed by atoms with Gasteiger partial charge in [0.25, 0.3) is 0 Å². The second-order valence-corrected chi connectivity index (χ2v) is 10.5. The van der Waals surface area contributed by atoms with E-state index in [1.807, 2.05) is 23.8 Å². The highest BCUT2D eigenvalue weighted by molar-refractivity contribution is 6.01. The Labute approximate surface area is 224 Å². The fraction of sp³-hybridized carbons (Fsp3) is 0.379.